The predicted octanol–water partition coefficient (Wildman–Crippen LogP) is 6.76. The van der Waals surface area contributed by atoms with Gasteiger partial charge >= 0.3 is 12.2 Å². The maximum atomic E-state index is 13.7. The van der Waals surface area contributed by atoms with Crippen LogP contribution in [-0.4, -0.2) is 93.1 Å². The second kappa shape index (κ2) is 15.7. The molecule has 1 saturated carbocycles. The van der Waals surface area contributed by atoms with Crippen LogP contribution in [0.2, 0.25) is 0 Å². The largest absolute Gasteiger partial charge is 0.453 e. The summed E-state index contributed by atoms with van der Waals surface area (Å²) in [6, 6.07) is 19.1. The van der Waals surface area contributed by atoms with Crippen molar-refractivity contribution < 1.29 is 28.7 Å². The summed E-state index contributed by atoms with van der Waals surface area (Å²) in [7, 11) is 2.61. The SMILES string of the molecule is CCC[C@H](NC(=O)OC)C(=O)N1CCCC1c1nc2ccc(-c3ccc(-c4ccc5nc([C@@H]6CCCN6C(=O)[C@@H](NC(=O)OC)C6CC6)[nH]c5c4)cc3)cc2[nH]1. The number of hydrogen-bond acceptors (Lipinski definition) is 8. The molecule has 4 N–H and O–H groups in total. The summed E-state index contributed by atoms with van der Waals surface area (Å²) in [6.45, 7) is 3.21. The molecule has 3 fully saturated rings. The van der Waals surface area contributed by atoms with Crippen molar-refractivity contribution in [1.82, 2.24) is 40.4 Å². The molecule has 292 valence electrons. The van der Waals surface area contributed by atoms with E-state index in [0.29, 0.717) is 19.5 Å². The van der Waals surface area contributed by atoms with Crippen molar-refractivity contribution in [2.24, 2.45) is 5.92 Å². The van der Waals surface area contributed by atoms with Crippen LogP contribution in [0.25, 0.3) is 44.3 Å². The van der Waals surface area contributed by atoms with Crippen molar-refractivity contribution in [2.75, 3.05) is 27.3 Å². The fraction of sp³-hybridized carbons (Fsp3) is 0.429. The van der Waals surface area contributed by atoms with Crippen LogP contribution in [0.1, 0.15) is 82.0 Å². The number of carbonyl (C=O) groups is 4. The number of alkyl carbamates (subject to hydrolysis) is 2. The summed E-state index contributed by atoms with van der Waals surface area (Å²) >= 11 is 0. The van der Waals surface area contributed by atoms with Gasteiger partial charge in [0.25, 0.3) is 0 Å². The summed E-state index contributed by atoms with van der Waals surface area (Å²) < 4.78 is 9.56. The number of fused-ring (bicyclic) bond motifs is 2. The van der Waals surface area contributed by atoms with Crippen molar-refractivity contribution in [1.29, 1.82) is 0 Å². The first kappa shape index (κ1) is 37.0. The Morgan fingerprint density at radius 1 is 0.696 bits per heavy atom. The van der Waals surface area contributed by atoms with Gasteiger partial charge in [-0.05, 0) is 97.4 Å². The molecule has 5 aromatic rings. The molecule has 14 heteroatoms. The van der Waals surface area contributed by atoms with E-state index in [9.17, 15) is 19.2 Å². The number of benzene rings is 3. The lowest BCUT2D eigenvalue weighted by atomic mass is 10.00. The fourth-order valence-corrected chi connectivity index (χ4v) is 8.34. The molecule has 4 amide bonds. The maximum absolute atomic E-state index is 13.7. The van der Waals surface area contributed by atoms with E-state index in [1.165, 1.54) is 14.2 Å². The Bertz CT molecular complexity index is 2260. The van der Waals surface area contributed by atoms with E-state index < -0.39 is 24.3 Å². The lowest BCUT2D eigenvalue weighted by Crippen LogP contribution is -2.49. The molecular weight excluding hydrogens is 713 g/mol. The number of amides is 4. The van der Waals surface area contributed by atoms with Crippen molar-refractivity contribution in [2.45, 2.75) is 82.5 Å². The molecule has 2 aliphatic heterocycles. The standard InChI is InChI=1S/C42H48N8O6/c1-4-7-31(47-41(53)55-2)39(51)49-20-5-8-34(49)37-43-29-18-16-27(22-32(29)45-37)24-10-12-25(13-11-24)28-17-19-30-33(23-28)46-38(44-30)35-9-6-21-50(35)40(52)36(26-14-15-26)48-42(54)56-3/h10-13,16-19,22-23,26,31,34-36H,4-9,14-15,20-21H2,1-3H3,(H,43,45)(H,44,46)(H,47,53)(H,48,54)/t31-,34?,35-,36-/m0/s1. The third-order valence-corrected chi connectivity index (χ3v) is 11.4. The summed E-state index contributed by atoms with van der Waals surface area (Å²) in [6.07, 6.45) is 5.23. The number of rotatable bonds is 11. The minimum atomic E-state index is -0.644. The average molecular weight is 761 g/mol. The lowest BCUT2D eigenvalue weighted by molar-refractivity contribution is -0.135. The molecular formula is C42H48N8O6. The van der Waals surface area contributed by atoms with Gasteiger partial charge in [0, 0.05) is 13.1 Å². The Labute approximate surface area is 324 Å². The molecule has 2 saturated heterocycles. The molecule has 3 aliphatic rings. The first-order valence-corrected chi connectivity index (χ1v) is 19.6. The Morgan fingerprint density at radius 3 is 1.66 bits per heavy atom. The van der Waals surface area contributed by atoms with E-state index >= 15 is 0 Å². The summed E-state index contributed by atoms with van der Waals surface area (Å²) in [5.74, 6) is 1.45. The predicted molar refractivity (Wildman–Crippen MR) is 210 cm³/mol. The Kier molecular flexibility index (Phi) is 10.4. The Balaban J connectivity index is 0.969. The Hall–Kier alpha value is -5.92. The quantitative estimate of drug-likeness (QED) is 0.114. The van der Waals surface area contributed by atoms with E-state index in [2.05, 4.69) is 69.1 Å². The number of hydrogen-bond donors (Lipinski definition) is 4. The van der Waals surface area contributed by atoms with Crippen LogP contribution in [0.5, 0.6) is 0 Å². The van der Waals surface area contributed by atoms with Crippen molar-refractivity contribution in [3.8, 4) is 22.3 Å². The number of aromatic amines is 2. The monoisotopic (exact) mass is 760 g/mol. The van der Waals surface area contributed by atoms with E-state index in [1.54, 1.807) is 0 Å². The van der Waals surface area contributed by atoms with Gasteiger partial charge in [0.15, 0.2) is 0 Å². The molecule has 4 atom stereocenters. The molecule has 8 rings (SSSR count). The van der Waals surface area contributed by atoms with Gasteiger partial charge in [-0.15, -0.1) is 0 Å². The highest BCUT2D eigenvalue weighted by Crippen LogP contribution is 2.38. The highest BCUT2D eigenvalue weighted by Gasteiger charge is 2.43. The van der Waals surface area contributed by atoms with Crippen LogP contribution >= 0.6 is 0 Å². The van der Waals surface area contributed by atoms with Gasteiger partial charge in [-0.2, -0.15) is 0 Å². The Morgan fingerprint density at radius 2 is 1.18 bits per heavy atom. The minimum absolute atomic E-state index is 0.0759. The smallest absolute Gasteiger partial charge is 0.407 e. The lowest BCUT2D eigenvalue weighted by Gasteiger charge is -2.28. The first-order valence-electron chi connectivity index (χ1n) is 19.6. The van der Waals surface area contributed by atoms with Crippen molar-refractivity contribution in [3.05, 3.63) is 72.3 Å². The molecule has 4 heterocycles. The molecule has 56 heavy (non-hydrogen) atoms. The van der Waals surface area contributed by atoms with Gasteiger partial charge in [0.1, 0.15) is 23.7 Å². The van der Waals surface area contributed by atoms with Gasteiger partial charge in [-0.25, -0.2) is 19.6 Å². The van der Waals surface area contributed by atoms with Gasteiger partial charge in [-0.1, -0.05) is 49.7 Å². The van der Waals surface area contributed by atoms with Crippen molar-refractivity contribution in [3.63, 3.8) is 0 Å². The average Bonchev–Trinajstić information content (AvgIpc) is 3.61. The number of carbonyl (C=O) groups excluding carboxylic acids is 4. The first-order chi connectivity index (χ1) is 27.2. The van der Waals surface area contributed by atoms with Gasteiger partial charge in [-0.3, -0.25) is 9.59 Å². The van der Waals surface area contributed by atoms with Crippen LogP contribution in [0.15, 0.2) is 60.7 Å². The summed E-state index contributed by atoms with van der Waals surface area (Å²) in [5.41, 5.74) is 7.66. The molecule has 3 aromatic carbocycles. The number of methoxy groups -OCH3 is 2. The van der Waals surface area contributed by atoms with Crippen LogP contribution < -0.4 is 10.6 Å². The number of imidazole rings is 2. The number of nitrogens with one attached hydrogen (secondary N) is 4. The van der Waals surface area contributed by atoms with E-state index in [1.807, 2.05) is 28.9 Å². The molecule has 0 radical (unpaired) electrons. The molecule has 0 bridgehead atoms. The number of H-pyrrole nitrogens is 2. The third kappa shape index (κ3) is 7.39. The van der Waals surface area contributed by atoms with E-state index in [0.717, 1.165) is 101 Å². The number of ether oxygens (including phenoxy) is 2. The summed E-state index contributed by atoms with van der Waals surface area (Å²) in [4.78, 5) is 71.7. The maximum Gasteiger partial charge on any atom is 0.407 e. The molecule has 0 spiro atoms. The van der Waals surface area contributed by atoms with Crippen LogP contribution in [0.4, 0.5) is 9.59 Å². The topological polar surface area (TPSA) is 175 Å². The summed E-state index contributed by atoms with van der Waals surface area (Å²) in [5, 5.41) is 5.48. The zero-order valence-electron chi connectivity index (χ0n) is 32.0. The third-order valence-electron chi connectivity index (χ3n) is 11.4. The second-order valence-electron chi connectivity index (χ2n) is 15.1. The second-order valence-corrected chi connectivity index (χ2v) is 15.1. The molecule has 2 aromatic heterocycles. The van der Waals surface area contributed by atoms with Gasteiger partial charge < -0.3 is 39.9 Å². The highest BCUT2D eigenvalue weighted by molar-refractivity contribution is 5.88. The highest BCUT2D eigenvalue weighted by atomic mass is 16.5. The minimum Gasteiger partial charge on any atom is -0.453 e. The van der Waals surface area contributed by atoms with E-state index in [-0.39, 0.29) is 29.8 Å². The van der Waals surface area contributed by atoms with Gasteiger partial charge in [0.2, 0.25) is 11.8 Å². The van der Waals surface area contributed by atoms with Crippen LogP contribution in [-0.2, 0) is 19.1 Å². The molecule has 14 nitrogen and oxygen atoms in total. The molecule has 1 aliphatic carbocycles. The van der Waals surface area contributed by atoms with Crippen LogP contribution in [0, 0.1) is 5.92 Å². The van der Waals surface area contributed by atoms with Crippen molar-refractivity contribution >= 4 is 46.1 Å². The zero-order valence-corrected chi connectivity index (χ0v) is 32.0. The number of nitrogens with zero attached hydrogens (tertiary/aromatic N) is 4. The van der Waals surface area contributed by atoms with E-state index in [4.69, 9.17) is 19.4 Å². The normalized spacial score (nSPS) is 19.3. The zero-order chi connectivity index (χ0) is 38.9. The van der Waals surface area contributed by atoms with Crippen LogP contribution in [0.3, 0.4) is 0 Å². The van der Waals surface area contributed by atoms with Gasteiger partial charge in [0.05, 0.1) is 48.4 Å². The number of likely N-dealkylation sites (tertiary alicyclic amines) is 2. The number of aromatic nitrogens is 4. The fourth-order valence-electron chi connectivity index (χ4n) is 8.34. The molecule has 1 unspecified atom stereocenters.